The zero-order valence-electron chi connectivity index (χ0n) is 8.48. The second-order valence-corrected chi connectivity index (χ2v) is 3.82. The second kappa shape index (κ2) is 3.39. The third-order valence-electron chi connectivity index (χ3n) is 2.88. The largest absolute Gasteiger partial charge is 0.0807 e. The van der Waals surface area contributed by atoms with E-state index in [1.807, 2.05) is 0 Å². The number of fused-ring (bicyclic) bond motifs is 3. The highest BCUT2D eigenvalue weighted by Gasteiger charge is 1.95. The van der Waals surface area contributed by atoms with Gasteiger partial charge in [-0.2, -0.15) is 0 Å². The summed E-state index contributed by atoms with van der Waals surface area (Å²) >= 11 is 0. The maximum absolute atomic E-state index is 2.28. The number of rotatable bonds is 0. The third kappa shape index (κ3) is 1.39. The topological polar surface area (TPSA) is 0 Å². The first-order valence-electron chi connectivity index (χ1n) is 5.30. The average molecular weight is 192 g/mol. The zero-order valence-corrected chi connectivity index (χ0v) is 8.48. The van der Waals surface area contributed by atoms with Crippen molar-refractivity contribution < 1.29 is 0 Å². The Morgan fingerprint density at radius 2 is 1.87 bits per heavy atom. The van der Waals surface area contributed by atoms with E-state index < -0.39 is 0 Å². The van der Waals surface area contributed by atoms with E-state index in [1.54, 1.807) is 0 Å². The van der Waals surface area contributed by atoms with Crippen LogP contribution >= 0.6 is 0 Å². The molecule has 1 aliphatic carbocycles. The van der Waals surface area contributed by atoms with Gasteiger partial charge < -0.3 is 0 Å². The van der Waals surface area contributed by atoms with Crippen LogP contribution in [0.1, 0.15) is 6.42 Å². The van der Waals surface area contributed by atoms with E-state index in [0.29, 0.717) is 0 Å². The molecule has 0 fully saturated rings. The summed E-state index contributed by atoms with van der Waals surface area (Å²) < 4.78 is 0. The van der Waals surface area contributed by atoms with Gasteiger partial charge in [0.05, 0.1) is 0 Å². The summed E-state index contributed by atoms with van der Waals surface area (Å²) in [4.78, 5) is 0. The minimum absolute atomic E-state index is 1.03. The fraction of sp³-hybridized carbons (Fsp3) is 0.0667. The lowest BCUT2D eigenvalue weighted by atomic mass is 10.1. The maximum Gasteiger partial charge on any atom is -0.0106 e. The van der Waals surface area contributed by atoms with Crippen LogP contribution in [0.3, 0.4) is 0 Å². The molecule has 3 rings (SSSR count). The predicted molar refractivity (Wildman–Crippen MR) is 65.9 cm³/mol. The number of hydrogen-bond donors (Lipinski definition) is 0. The van der Waals surface area contributed by atoms with Crippen molar-refractivity contribution >= 4 is 22.9 Å². The Morgan fingerprint density at radius 3 is 2.87 bits per heavy atom. The predicted octanol–water partition coefficient (Wildman–Crippen LogP) is 2.36. The summed E-state index contributed by atoms with van der Waals surface area (Å²) in [5, 5.41) is 5.36. The first-order valence-corrected chi connectivity index (χ1v) is 5.30. The molecule has 0 unspecified atom stereocenters. The van der Waals surface area contributed by atoms with Crippen LogP contribution < -0.4 is 10.4 Å². The van der Waals surface area contributed by atoms with Gasteiger partial charge in [0.2, 0.25) is 0 Å². The van der Waals surface area contributed by atoms with E-state index >= 15 is 0 Å². The normalized spacial score (nSPS) is 13.9. The maximum atomic E-state index is 2.28. The van der Waals surface area contributed by atoms with Gasteiger partial charge in [-0.25, -0.2) is 0 Å². The van der Waals surface area contributed by atoms with E-state index in [0.717, 1.165) is 6.42 Å². The Labute approximate surface area is 88.9 Å². The van der Waals surface area contributed by atoms with Gasteiger partial charge in [-0.1, -0.05) is 60.7 Å². The summed E-state index contributed by atoms with van der Waals surface area (Å²) in [6, 6.07) is 13.0. The van der Waals surface area contributed by atoms with Gasteiger partial charge in [0.15, 0.2) is 0 Å². The van der Waals surface area contributed by atoms with E-state index in [9.17, 15) is 0 Å². The van der Waals surface area contributed by atoms with Crippen molar-refractivity contribution in [2.75, 3.05) is 0 Å². The van der Waals surface area contributed by atoms with Crippen molar-refractivity contribution in [1.82, 2.24) is 0 Å². The molecule has 15 heavy (non-hydrogen) atoms. The molecule has 0 saturated carbocycles. The number of allylic oxidation sites excluding steroid dienone is 2. The van der Waals surface area contributed by atoms with Gasteiger partial charge in [0, 0.05) is 0 Å². The first kappa shape index (κ1) is 8.49. The highest BCUT2D eigenvalue weighted by Crippen LogP contribution is 2.07. The summed E-state index contributed by atoms with van der Waals surface area (Å²) in [7, 11) is 0. The monoisotopic (exact) mass is 192 g/mol. The molecule has 0 saturated heterocycles. The molecule has 0 heterocycles. The molecule has 0 nitrogen and oxygen atoms in total. The van der Waals surface area contributed by atoms with Gasteiger partial charge in [-0.3, -0.25) is 0 Å². The van der Waals surface area contributed by atoms with Crippen LogP contribution in [0.4, 0.5) is 0 Å². The van der Waals surface area contributed by atoms with Crippen LogP contribution in [0, 0.1) is 0 Å². The number of benzene rings is 2. The molecule has 1 aliphatic rings. The van der Waals surface area contributed by atoms with Crippen molar-refractivity contribution in [3.63, 3.8) is 0 Å². The molecule has 2 aromatic rings. The third-order valence-corrected chi connectivity index (χ3v) is 2.88. The van der Waals surface area contributed by atoms with E-state index in [-0.39, 0.29) is 0 Å². The van der Waals surface area contributed by atoms with E-state index in [2.05, 4.69) is 60.7 Å². The minimum Gasteiger partial charge on any atom is -0.0807 e. The smallest absolute Gasteiger partial charge is 0.0106 e. The van der Waals surface area contributed by atoms with Crippen molar-refractivity contribution in [2.45, 2.75) is 6.42 Å². The molecule has 2 aromatic carbocycles. The summed E-state index contributed by atoms with van der Waals surface area (Å²) in [6.45, 7) is 0. The quantitative estimate of drug-likeness (QED) is 0.601. The minimum atomic E-state index is 1.03. The number of hydrogen-bond acceptors (Lipinski definition) is 0. The van der Waals surface area contributed by atoms with Gasteiger partial charge in [0.1, 0.15) is 0 Å². The Morgan fingerprint density at radius 1 is 0.933 bits per heavy atom. The average Bonchev–Trinajstić information content (AvgIpc) is 2.54. The van der Waals surface area contributed by atoms with E-state index in [1.165, 1.54) is 21.2 Å². The van der Waals surface area contributed by atoms with E-state index in [4.69, 9.17) is 0 Å². The van der Waals surface area contributed by atoms with Crippen molar-refractivity contribution in [1.29, 1.82) is 0 Å². The van der Waals surface area contributed by atoms with Gasteiger partial charge in [-0.15, -0.1) is 0 Å². The summed E-state index contributed by atoms with van der Waals surface area (Å²) in [6.07, 6.45) is 9.86. The Bertz CT molecular complexity index is 645. The first-order chi connectivity index (χ1) is 7.45. The Balaban J connectivity index is 2.58. The fourth-order valence-electron chi connectivity index (χ4n) is 2.11. The molecule has 0 atom stereocenters. The molecule has 0 spiro atoms. The van der Waals surface area contributed by atoms with Gasteiger partial charge in [-0.05, 0) is 27.6 Å². The fourth-order valence-corrected chi connectivity index (χ4v) is 2.11. The van der Waals surface area contributed by atoms with Crippen LogP contribution in [0.5, 0.6) is 0 Å². The Kier molecular flexibility index (Phi) is 1.92. The van der Waals surface area contributed by atoms with Gasteiger partial charge >= 0.3 is 0 Å². The molecule has 0 aromatic heterocycles. The van der Waals surface area contributed by atoms with Crippen LogP contribution in [0.25, 0.3) is 22.9 Å². The molecule has 72 valence electrons. The lowest BCUT2D eigenvalue weighted by molar-refractivity contribution is 1.47. The SMILES string of the molecule is C1=CCC=c2ccc3ccccc3c2=C1. The molecule has 0 heteroatoms. The molecule has 0 radical (unpaired) electrons. The second-order valence-electron chi connectivity index (χ2n) is 3.82. The molecular formula is C15H12. The van der Waals surface area contributed by atoms with Crippen LogP contribution in [0.15, 0.2) is 48.6 Å². The lowest BCUT2D eigenvalue weighted by Gasteiger charge is -1.98. The summed E-state index contributed by atoms with van der Waals surface area (Å²) in [5.41, 5.74) is 0. The van der Waals surface area contributed by atoms with Crippen molar-refractivity contribution in [3.05, 3.63) is 59.0 Å². The molecule has 0 N–H and O–H groups in total. The van der Waals surface area contributed by atoms with Crippen LogP contribution in [0.2, 0.25) is 0 Å². The molecule has 0 bridgehead atoms. The standard InChI is InChI=1S/C15H12/c1-2-6-12-10-11-13-7-4-5-9-15(13)14(12)8-3-1/h1,3-11H,2H2. The lowest BCUT2D eigenvalue weighted by Crippen LogP contribution is -2.24. The molecule has 0 aliphatic heterocycles. The molecule has 0 amide bonds. The zero-order chi connectivity index (χ0) is 10.1. The van der Waals surface area contributed by atoms with Crippen LogP contribution in [-0.2, 0) is 0 Å². The highest BCUT2D eigenvalue weighted by molar-refractivity contribution is 5.84. The van der Waals surface area contributed by atoms with Crippen molar-refractivity contribution in [2.24, 2.45) is 0 Å². The molecular weight excluding hydrogens is 180 g/mol. The van der Waals surface area contributed by atoms with Crippen LogP contribution in [-0.4, -0.2) is 0 Å². The summed E-state index contributed by atoms with van der Waals surface area (Å²) in [5.74, 6) is 0. The van der Waals surface area contributed by atoms with Gasteiger partial charge in [0.25, 0.3) is 0 Å². The van der Waals surface area contributed by atoms with Crippen molar-refractivity contribution in [3.8, 4) is 0 Å². The highest BCUT2D eigenvalue weighted by atomic mass is 14.0. The Hall–Kier alpha value is -1.82.